The van der Waals surface area contributed by atoms with Gasteiger partial charge in [-0.15, -0.1) is 11.8 Å². The van der Waals surface area contributed by atoms with E-state index in [1.807, 2.05) is 19.9 Å². The number of aliphatic imine (C=N–C) groups is 1. The van der Waals surface area contributed by atoms with Crippen LogP contribution in [0.25, 0.3) is 0 Å². The second-order valence-electron chi connectivity index (χ2n) is 10.5. The van der Waals surface area contributed by atoms with Gasteiger partial charge in [0, 0.05) is 39.4 Å². The molecule has 1 saturated carbocycles. The standard InChI is InChI=1S/C29H31Cl2NO3S/c1-15-9-16(2)20(10-18(15)14-36-24-11-19(30)7-8-21(24)31)26-25(28(34)35-6)17(3)32-22-12-29(4,5)13-23(33)27(22)26/h7-11,26-27H,12-14H2,1-6H3/t26-,27?/m1/s1. The number of hydrogen-bond acceptors (Lipinski definition) is 5. The number of benzene rings is 2. The van der Waals surface area contributed by atoms with E-state index in [1.54, 1.807) is 23.9 Å². The number of aryl methyl sites for hydroxylation is 2. The molecule has 1 fully saturated rings. The molecule has 36 heavy (non-hydrogen) atoms. The van der Waals surface area contributed by atoms with E-state index in [2.05, 4.69) is 32.9 Å². The zero-order chi connectivity index (χ0) is 26.4. The highest BCUT2D eigenvalue weighted by Crippen LogP contribution is 2.48. The summed E-state index contributed by atoms with van der Waals surface area (Å²) in [5.74, 6) is -0.507. The number of halogens is 2. The Morgan fingerprint density at radius 1 is 1.08 bits per heavy atom. The normalized spacial score (nSPS) is 21.2. The largest absolute Gasteiger partial charge is 0.466 e. The smallest absolute Gasteiger partial charge is 0.336 e. The second-order valence-corrected chi connectivity index (χ2v) is 12.4. The summed E-state index contributed by atoms with van der Waals surface area (Å²) in [5, 5.41) is 1.30. The lowest BCUT2D eigenvalue weighted by molar-refractivity contribution is -0.136. The average molecular weight is 545 g/mol. The third-order valence-electron chi connectivity index (χ3n) is 7.11. The number of ketones is 1. The molecule has 4 nitrogen and oxygen atoms in total. The van der Waals surface area contributed by atoms with Crippen molar-refractivity contribution in [3.8, 4) is 0 Å². The number of fused-ring (bicyclic) bond motifs is 1. The first kappa shape index (κ1) is 27.0. The number of nitrogens with zero attached hydrogens (tertiary/aromatic N) is 1. The van der Waals surface area contributed by atoms with Gasteiger partial charge in [0.1, 0.15) is 5.78 Å². The summed E-state index contributed by atoms with van der Waals surface area (Å²) >= 11 is 14.2. The molecule has 0 bridgehead atoms. The van der Waals surface area contributed by atoms with Gasteiger partial charge < -0.3 is 4.74 Å². The van der Waals surface area contributed by atoms with Crippen molar-refractivity contribution in [2.24, 2.45) is 16.3 Å². The van der Waals surface area contributed by atoms with Crippen molar-refractivity contribution < 1.29 is 14.3 Å². The van der Waals surface area contributed by atoms with Gasteiger partial charge in [0.05, 0.1) is 23.6 Å². The average Bonchev–Trinajstić information content (AvgIpc) is 2.78. The maximum atomic E-state index is 13.5. The van der Waals surface area contributed by atoms with Crippen LogP contribution >= 0.6 is 35.0 Å². The maximum absolute atomic E-state index is 13.5. The Hall–Kier alpha value is -2.08. The molecule has 0 N–H and O–H groups in total. The molecule has 190 valence electrons. The van der Waals surface area contributed by atoms with Crippen LogP contribution < -0.4 is 0 Å². The van der Waals surface area contributed by atoms with Gasteiger partial charge in [0.25, 0.3) is 0 Å². The molecule has 0 saturated heterocycles. The minimum absolute atomic E-state index is 0.130. The molecular weight excluding hydrogens is 513 g/mol. The number of thioether (sulfide) groups is 1. The van der Waals surface area contributed by atoms with Gasteiger partial charge in [0.15, 0.2) is 0 Å². The number of methoxy groups -OCH3 is 1. The van der Waals surface area contributed by atoms with E-state index in [9.17, 15) is 9.59 Å². The summed E-state index contributed by atoms with van der Waals surface area (Å²) in [6.07, 6.45) is 1.19. The Morgan fingerprint density at radius 2 is 1.81 bits per heavy atom. The topological polar surface area (TPSA) is 55.7 Å². The molecule has 0 amide bonds. The molecular formula is C29H31Cl2NO3S. The van der Waals surface area contributed by atoms with Gasteiger partial charge in [-0.1, -0.05) is 49.2 Å². The summed E-state index contributed by atoms with van der Waals surface area (Å²) < 4.78 is 5.18. The molecule has 2 aliphatic rings. The van der Waals surface area contributed by atoms with Crippen molar-refractivity contribution in [3.63, 3.8) is 0 Å². The van der Waals surface area contributed by atoms with Crippen LogP contribution in [0.15, 0.2) is 51.5 Å². The Kier molecular flexibility index (Phi) is 7.76. The first-order valence-electron chi connectivity index (χ1n) is 12.0. The van der Waals surface area contributed by atoms with Crippen LogP contribution in [0, 0.1) is 25.2 Å². The molecule has 1 unspecified atom stereocenters. The highest BCUT2D eigenvalue weighted by Gasteiger charge is 2.48. The summed E-state index contributed by atoms with van der Waals surface area (Å²) in [4.78, 5) is 32.3. The van der Waals surface area contributed by atoms with Gasteiger partial charge in [-0.3, -0.25) is 9.79 Å². The lowest BCUT2D eigenvalue weighted by atomic mass is 9.63. The molecule has 1 aliphatic heterocycles. The quantitative estimate of drug-likeness (QED) is 0.284. The van der Waals surface area contributed by atoms with Crippen LogP contribution in [0.3, 0.4) is 0 Å². The number of Topliss-reactive ketones (excluding diaryl/α,β-unsaturated/α-hetero) is 1. The summed E-state index contributed by atoms with van der Waals surface area (Å²) in [6, 6.07) is 9.73. The van der Waals surface area contributed by atoms with Crippen LogP contribution in [-0.2, 0) is 20.1 Å². The molecule has 1 aliphatic carbocycles. The predicted octanol–water partition coefficient (Wildman–Crippen LogP) is 7.89. The lowest BCUT2D eigenvalue weighted by Crippen LogP contribution is -2.44. The second kappa shape index (κ2) is 10.4. The Balaban J connectivity index is 1.80. The van der Waals surface area contributed by atoms with Crippen LogP contribution in [0.2, 0.25) is 10.0 Å². The SMILES string of the molecule is COC(=O)C1=C(C)N=C2CC(C)(C)CC(=O)C2[C@@H]1c1cc(CSc2cc(Cl)ccc2Cl)c(C)cc1C. The molecule has 0 spiro atoms. The molecule has 2 atom stereocenters. The van der Waals surface area contributed by atoms with Crippen LogP contribution in [0.4, 0.5) is 0 Å². The van der Waals surface area contributed by atoms with E-state index in [4.69, 9.17) is 32.9 Å². The minimum Gasteiger partial charge on any atom is -0.466 e. The number of carbonyl (C=O) groups excluding carboxylic acids is 2. The number of ether oxygens (including phenoxy) is 1. The van der Waals surface area contributed by atoms with E-state index in [0.717, 1.165) is 39.3 Å². The molecule has 1 heterocycles. The van der Waals surface area contributed by atoms with Crippen molar-refractivity contribution in [3.05, 3.63) is 73.9 Å². The van der Waals surface area contributed by atoms with Crippen LogP contribution in [-0.4, -0.2) is 24.6 Å². The first-order chi connectivity index (χ1) is 16.9. The van der Waals surface area contributed by atoms with Crippen molar-refractivity contribution in [1.82, 2.24) is 0 Å². The highest BCUT2D eigenvalue weighted by atomic mass is 35.5. The van der Waals surface area contributed by atoms with E-state index in [1.165, 1.54) is 7.11 Å². The van der Waals surface area contributed by atoms with Gasteiger partial charge in [-0.25, -0.2) is 4.79 Å². The lowest BCUT2D eigenvalue weighted by Gasteiger charge is -2.41. The summed E-state index contributed by atoms with van der Waals surface area (Å²) in [5.41, 5.74) is 6.09. The molecule has 4 rings (SSSR count). The predicted molar refractivity (Wildman–Crippen MR) is 148 cm³/mol. The molecule has 2 aromatic carbocycles. The number of carbonyl (C=O) groups is 2. The van der Waals surface area contributed by atoms with Crippen molar-refractivity contribution in [1.29, 1.82) is 0 Å². The summed E-state index contributed by atoms with van der Waals surface area (Å²) in [7, 11) is 1.38. The molecule has 7 heteroatoms. The minimum atomic E-state index is -0.458. The zero-order valence-electron chi connectivity index (χ0n) is 21.5. The van der Waals surface area contributed by atoms with Gasteiger partial charge in [0.2, 0.25) is 0 Å². The van der Waals surface area contributed by atoms with Crippen molar-refractivity contribution in [2.75, 3.05) is 7.11 Å². The third kappa shape index (κ3) is 5.29. The van der Waals surface area contributed by atoms with Crippen molar-refractivity contribution >= 4 is 52.4 Å². The Labute approximate surface area is 227 Å². The van der Waals surface area contributed by atoms with Crippen molar-refractivity contribution in [2.45, 2.75) is 64.0 Å². The highest BCUT2D eigenvalue weighted by molar-refractivity contribution is 7.98. The number of hydrogen-bond donors (Lipinski definition) is 0. The Morgan fingerprint density at radius 3 is 2.50 bits per heavy atom. The monoisotopic (exact) mass is 543 g/mol. The summed E-state index contributed by atoms with van der Waals surface area (Å²) in [6.45, 7) is 10.2. The van der Waals surface area contributed by atoms with Crippen LogP contribution in [0.5, 0.6) is 0 Å². The number of esters is 1. The third-order valence-corrected chi connectivity index (χ3v) is 8.89. The molecule has 0 aromatic heterocycles. The van der Waals surface area contributed by atoms with E-state index >= 15 is 0 Å². The fourth-order valence-corrected chi connectivity index (χ4v) is 7.01. The van der Waals surface area contributed by atoms with E-state index in [-0.39, 0.29) is 11.2 Å². The molecule has 0 radical (unpaired) electrons. The van der Waals surface area contributed by atoms with E-state index in [0.29, 0.717) is 33.5 Å². The number of allylic oxidation sites excluding steroid dienone is 1. The first-order valence-corrected chi connectivity index (χ1v) is 13.7. The maximum Gasteiger partial charge on any atom is 0.336 e. The Bertz CT molecular complexity index is 1310. The fraction of sp³-hybridized carbons (Fsp3) is 0.414. The van der Waals surface area contributed by atoms with Crippen LogP contribution in [0.1, 0.15) is 61.8 Å². The van der Waals surface area contributed by atoms with Gasteiger partial charge >= 0.3 is 5.97 Å². The van der Waals surface area contributed by atoms with Gasteiger partial charge in [-0.2, -0.15) is 0 Å². The van der Waals surface area contributed by atoms with Gasteiger partial charge in [-0.05, 0) is 73.1 Å². The zero-order valence-corrected chi connectivity index (χ0v) is 23.8. The van der Waals surface area contributed by atoms with E-state index < -0.39 is 17.8 Å². The fourth-order valence-electron chi connectivity index (χ4n) is 5.45. The molecule has 2 aromatic rings. The number of rotatable bonds is 5.